The van der Waals surface area contributed by atoms with Crippen molar-refractivity contribution >= 4 is 33.7 Å². The van der Waals surface area contributed by atoms with Crippen molar-refractivity contribution in [3.05, 3.63) is 69.4 Å². The number of benzene rings is 2. The first-order valence-electron chi connectivity index (χ1n) is 15.4. The molecule has 0 radical (unpaired) electrons. The van der Waals surface area contributed by atoms with E-state index in [-0.39, 0.29) is 62.4 Å². The van der Waals surface area contributed by atoms with Gasteiger partial charge in [0.05, 0.1) is 18.9 Å². The number of nitrogens with one attached hydrogen (secondary N) is 1. The molecule has 3 heterocycles. The molecule has 2 amide bonds. The fourth-order valence-electron chi connectivity index (χ4n) is 6.08. The van der Waals surface area contributed by atoms with Crippen molar-refractivity contribution in [2.75, 3.05) is 39.5 Å². The Morgan fingerprint density at radius 3 is 2.37 bits per heavy atom. The van der Waals surface area contributed by atoms with Crippen molar-refractivity contribution in [3.8, 4) is 5.75 Å². The van der Waals surface area contributed by atoms with Gasteiger partial charge in [0.2, 0.25) is 10.0 Å². The van der Waals surface area contributed by atoms with Crippen LogP contribution in [0.25, 0.3) is 6.08 Å². The third kappa shape index (κ3) is 7.16. The molecule has 1 spiro atoms. The van der Waals surface area contributed by atoms with E-state index in [4.69, 9.17) is 4.74 Å². The molecule has 46 heavy (non-hydrogen) atoms. The number of hydrogen-bond acceptors (Lipinski definition) is 7. The second-order valence-electron chi connectivity index (χ2n) is 12.5. The molecule has 2 saturated heterocycles. The van der Waals surface area contributed by atoms with Crippen LogP contribution in [0.1, 0.15) is 71.6 Å². The number of carbonyl (C=O) groups excluding carboxylic acids is 2. The number of amidine groups is 1. The number of aliphatic imine (C=N–C) groups is 1. The van der Waals surface area contributed by atoms with Gasteiger partial charge in [0, 0.05) is 49.1 Å². The molecule has 2 aromatic rings. The van der Waals surface area contributed by atoms with Crippen molar-refractivity contribution in [3.63, 3.8) is 0 Å². The maximum Gasteiger partial charge on any atom is 0.253 e. The molecule has 2 aromatic carbocycles. The summed E-state index contributed by atoms with van der Waals surface area (Å²) in [5.74, 6) is -0.903. The largest absolute Gasteiger partial charge is 0.490 e. The lowest BCUT2D eigenvalue weighted by Gasteiger charge is -2.36. The predicted molar refractivity (Wildman–Crippen MR) is 170 cm³/mol. The number of alkyl halides is 1. The fourth-order valence-corrected chi connectivity index (χ4v) is 7.25. The third-order valence-electron chi connectivity index (χ3n) is 9.01. The average Bonchev–Trinajstić information content (AvgIpc) is 3.32. The summed E-state index contributed by atoms with van der Waals surface area (Å²) in [5.41, 5.74) is 1.27. The van der Waals surface area contributed by atoms with E-state index in [2.05, 4.69) is 10.3 Å². The van der Waals surface area contributed by atoms with Crippen molar-refractivity contribution in [2.24, 2.45) is 4.99 Å². The highest BCUT2D eigenvalue weighted by atomic mass is 32.2. The zero-order valence-corrected chi connectivity index (χ0v) is 27.1. The lowest BCUT2D eigenvalue weighted by Crippen LogP contribution is -2.50. The van der Waals surface area contributed by atoms with E-state index in [9.17, 15) is 31.9 Å². The summed E-state index contributed by atoms with van der Waals surface area (Å²) < 4.78 is 59.9. The van der Waals surface area contributed by atoms with Gasteiger partial charge in [-0.3, -0.25) is 19.0 Å². The van der Waals surface area contributed by atoms with Crippen LogP contribution in [0.3, 0.4) is 0 Å². The number of likely N-dealkylation sites (tertiary alicyclic amines) is 1. The van der Waals surface area contributed by atoms with E-state index in [0.29, 0.717) is 42.6 Å². The molecule has 0 aromatic heterocycles. The van der Waals surface area contributed by atoms with Crippen molar-refractivity contribution in [2.45, 2.75) is 64.0 Å². The lowest BCUT2D eigenvalue weighted by atomic mass is 9.89. The van der Waals surface area contributed by atoms with Gasteiger partial charge in [0.1, 0.15) is 11.4 Å². The van der Waals surface area contributed by atoms with Crippen LogP contribution < -0.4 is 10.1 Å². The Balaban J connectivity index is 1.24. The smallest absolute Gasteiger partial charge is 0.253 e. The Kier molecular flexibility index (Phi) is 9.67. The van der Waals surface area contributed by atoms with Gasteiger partial charge in [-0.2, -0.15) is 4.31 Å². The van der Waals surface area contributed by atoms with Gasteiger partial charge < -0.3 is 20.1 Å². The van der Waals surface area contributed by atoms with Gasteiger partial charge in [-0.25, -0.2) is 12.8 Å². The standard InChI is InChI=1S/C33H40F2N4O6S/c1-22-19-25(30(40)38-13-8-32(3,42)9-14-38)20-23(2)26(22)7-18-46(43,44)39-15-10-33(11-16-39)31(41)36-29(37-33)24-5-6-27(35)28(21-24)45-17-4-12-34/h5-7,18-21,42H,4,8-17H2,1-3H3,(H,36,37,41)/b18-7+. The second kappa shape index (κ2) is 13.2. The molecule has 10 nitrogen and oxygen atoms in total. The number of aliphatic hydroxyl groups is 1. The van der Waals surface area contributed by atoms with Crippen molar-refractivity contribution in [1.82, 2.24) is 14.5 Å². The third-order valence-corrected chi connectivity index (χ3v) is 10.6. The monoisotopic (exact) mass is 658 g/mol. The Hall–Kier alpha value is -3.68. The van der Waals surface area contributed by atoms with Gasteiger partial charge in [-0.15, -0.1) is 0 Å². The minimum atomic E-state index is -3.83. The number of carbonyl (C=O) groups is 2. The maximum absolute atomic E-state index is 14.2. The summed E-state index contributed by atoms with van der Waals surface area (Å²) in [6.07, 6.45) is 3.01. The van der Waals surface area contributed by atoms with Gasteiger partial charge in [-0.1, -0.05) is 0 Å². The molecule has 0 bridgehead atoms. The highest BCUT2D eigenvalue weighted by Crippen LogP contribution is 2.33. The number of rotatable bonds is 9. The SMILES string of the molecule is Cc1cc(C(=O)N2CCC(C)(O)CC2)cc(C)c1/C=C/S(=O)(=O)N1CCC2(CC1)N=C(c1ccc(F)c(OCCCF)c1)NC2=O. The van der Waals surface area contributed by atoms with Crippen LogP contribution in [0.15, 0.2) is 40.7 Å². The molecular weight excluding hydrogens is 618 g/mol. The van der Waals surface area contributed by atoms with Crippen LogP contribution in [0.2, 0.25) is 0 Å². The van der Waals surface area contributed by atoms with Crippen LogP contribution >= 0.6 is 0 Å². The number of piperidine rings is 2. The van der Waals surface area contributed by atoms with Crippen molar-refractivity contribution in [1.29, 1.82) is 0 Å². The molecule has 0 atom stereocenters. The summed E-state index contributed by atoms with van der Waals surface area (Å²) in [5, 5.41) is 14.1. The molecule has 2 fully saturated rings. The van der Waals surface area contributed by atoms with Crippen LogP contribution in [-0.2, 0) is 14.8 Å². The quantitative estimate of drug-likeness (QED) is 0.394. The number of amides is 2. The fraction of sp³-hybridized carbons (Fsp3) is 0.485. The molecule has 5 rings (SSSR count). The number of aryl methyl sites for hydroxylation is 2. The molecule has 13 heteroatoms. The van der Waals surface area contributed by atoms with Gasteiger partial charge in [0.25, 0.3) is 11.8 Å². The summed E-state index contributed by atoms with van der Waals surface area (Å²) >= 11 is 0. The minimum Gasteiger partial charge on any atom is -0.490 e. The van der Waals surface area contributed by atoms with Crippen LogP contribution in [0, 0.1) is 19.7 Å². The number of ether oxygens (including phenoxy) is 1. The molecule has 2 N–H and O–H groups in total. The summed E-state index contributed by atoms with van der Waals surface area (Å²) in [6.45, 7) is 5.95. The van der Waals surface area contributed by atoms with Gasteiger partial charge in [-0.05, 0) is 99.6 Å². The number of nitrogens with zero attached hydrogens (tertiary/aromatic N) is 3. The number of hydrogen-bond donors (Lipinski definition) is 2. The molecule has 3 aliphatic heterocycles. The van der Waals surface area contributed by atoms with E-state index >= 15 is 0 Å². The first-order valence-corrected chi connectivity index (χ1v) is 17.0. The van der Waals surface area contributed by atoms with Crippen LogP contribution in [0.4, 0.5) is 8.78 Å². The van der Waals surface area contributed by atoms with Gasteiger partial charge in [0.15, 0.2) is 11.6 Å². The van der Waals surface area contributed by atoms with E-state index in [1.807, 2.05) is 13.8 Å². The van der Waals surface area contributed by atoms with E-state index in [0.717, 1.165) is 16.5 Å². The topological polar surface area (TPSA) is 129 Å². The summed E-state index contributed by atoms with van der Waals surface area (Å²) in [7, 11) is -3.83. The summed E-state index contributed by atoms with van der Waals surface area (Å²) in [4.78, 5) is 32.5. The highest BCUT2D eigenvalue weighted by molar-refractivity contribution is 7.92. The minimum absolute atomic E-state index is 0.00693. The number of halogens is 2. The van der Waals surface area contributed by atoms with Crippen LogP contribution in [0.5, 0.6) is 5.75 Å². The zero-order chi connectivity index (χ0) is 33.3. The average molecular weight is 659 g/mol. The Morgan fingerprint density at radius 1 is 1.09 bits per heavy atom. The second-order valence-corrected chi connectivity index (χ2v) is 14.4. The first kappa shape index (κ1) is 33.7. The highest BCUT2D eigenvalue weighted by Gasteiger charge is 2.47. The van der Waals surface area contributed by atoms with E-state index in [1.165, 1.54) is 28.6 Å². The molecule has 0 saturated carbocycles. The zero-order valence-electron chi connectivity index (χ0n) is 26.3. The summed E-state index contributed by atoms with van der Waals surface area (Å²) in [6, 6.07) is 7.57. The van der Waals surface area contributed by atoms with Crippen LogP contribution in [-0.4, -0.2) is 91.0 Å². The maximum atomic E-state index is 14.2. The lowest BCUT2D eigenvalue weighted by molar-refractivity contribution is -0.124. The molecule has 0 aliphatic carbocycles. The molecular formula is C33H40F2N4O6S. The number of sulfonamides is 1. The normalized spacial score (nSPS) is 19.8. The van der Waals surface area contributed by atoms with E-state index < -0.39 is 33.7 Å². The molecule has 3 aliphatic rings. The predicted octanol–water partition coefficient (Wildman–Crippen LogP) is 3.88. The Labute approximate surface area is 268 Å². The molecule has 0 unspecified atom stereocenters. The molecule has 248 valence electrons. The Bertz CT molecular complexity index is 1650. The first-order chi connectivity index (χ1) is 21.7. The van der Waals surface area contributed by atoms with Gasteiger partial charge >= 0.3 is 0 Å². The van der Waals surface area contributed by atoms with E-state index in [1.54, 1.807) is 24.0 Å². The van der Waals surface area contributed by atoms with Crippen molar-refractivity contribution < 1.29 is 36.6 Å². The Morgan fingerprint density at radius 2 is 1.74 bits per heavy atom.